The number of halogens is 1. The van der Waals surface area contributed by atoms with Crippen LogP contribution in [0.3, 0.4) is 0 Å². The van der Waals surface area contributed by atoms with Crippen LogP contribution in [0.1, 0.15) is 12.5 Å². The number of rotatable bonds is 5. The molecule has 1 N–H and O–H groups in total. The summed E-state index contributed by atoms with van der Waals surface area (Å²) >= 11 is 0. The van der Waals surface area contributed by atoms with E-state index in [1.165, 1.54) is 21.1 Å². The number of ether oxygens (including phenoxy) is 2. The molecule has 0 aromatic heterocycles. The van der Waals surface area contributed by atoms with E-state index in [9.17, 15) is 4.39 Å². The molecule has 16 heavy (non-hydrogen) atoms. The summed E-state index contributed by atoms with van der Waals surface area (Å²) in [7, 11) is 4.76. The minimum atomic E-state index is -1.49. The van der Waals surface area contributed by atoms with Crippen molar-refractivity contribution in [3.8, 4) is 11.5 Å². The van der Waals surface area contributed by atoms with Gasteiger partial charge in [-0.2, -0.15) is 0 Å². The number of benzene rings is 1. The lowest BCUT2D eigenvalue weighted by Gasteiger charge is -2.23. The highest BCUT2D eigenvalue weighted by atomic mass is 19.1. The predicted octanol–water partition coefficient (Wildman–Crippen LogP) is 2.11. The fraction of sp³-hybridized carbons (Fsp3) is 0.500. The fourth-order valence-electron chi connectivity index (χ4n) is 1.72. The van der Waals surface area contributed by atoms with Crippen LogP contribution in [0, 0.1) is 0 Å². The van der Waals surface area contributed by atoms with Crippen LogP contribution in [0.15, 0.2) is 18.2 Å². The summed E-state index contributed by atoms with van der Waals surface area (Å²) in [6.07, 6.45) is 0. The summed E-state index contributed by atoms with van der Waals surface area (Å²) in [4.78, 5) is 0. The molecule has 1 aromatic carbocycles. The molecule has 4 heteroatoms. The molecule has 0 spiro atoms. The van der Waals surface area contributed by atoms with E-state index in [1.54, 1.807) is 25.2 Å². The topological polar surface area (TPSA) is 30.5 Å². The highest BCUT2D eigenvalue weighted by Crippen LogP contribution is 2.38. The summed E-state index contributed by atoms with van der Waals surface area (Å²) in [6, 6.07) is 5.21. The predicted molar refractivity (Wildman–Crippen MR) is 61.9 cm³/mol. The van der Waals surface area contributed by atoms with Crippen LogP contribution < -0.4 is 14.8 Å². The maximum absolute atomic E-state index is 14.4. The standard InChI is InChI=1S/C12H18FNO2/c1-12(13,8-14-2)9-6-5-7-10(15-3)11(9)16-4/h5-7,14H,8H2,1-4H3. The first-order valence-corrected chi connectivity index (χ1v) is 5.11. The Balaban J connectivity index is 3.22. The minimum absolute atomic E-state index is 0.219. The summed E-state index contributed by atoms with van der Waals surface area (Å²) in [6.45, 7) is 1.73. The first-order chi connectivity index (χ1) is 7.56. The number of alkyl halides is 1. The molecule has 0 fully saturated rings. The number of nitrogens with one attached hydrogen (secondary N) is 1. The van der Waals surface area contributed by atoms with Gasteiger partial charge in [0.25, 0.3) is 0 Å². The number of hydrogen-bond acceptors (Lipinski definition) is 3. The Morgan fingerprint density at radius 3 is 2.50 bits per heavy atom. The van der Waals surface area contributed by atoms with E-state index in [2.05, 4.69) is 5.32 Å². The molecular weight excluding hydrogens is 209 g/mol. The minimum Gasteiger partial charge on any atom is -0.493 e. The molecule has 1 unspecified atom stereocenters. The van der Waals surface area contributed by atoms with Crippen molar-refractivity contribution in [3.63, 3.8) is 0 Å². The van der Waals surface area contributed by atoms with Crippen LogP contribution in [-0.2, 0) is 5.67 Å². The van der Waals surface area contributed by atoms with Gasteiger partial charge in [0.1, 0.15) is 5.67 Å². The Bertz CT molecular complexity index is 353. The maximum Gasteiger partial charge on any atom is 0.167 e. The highest BCUT2D eigenvalue weighted by Gasteiger charge is 2.30. The van der Waals surface area contributed by atoms with Crippen LogP contribution in [0.5, 0.6) is 11.5 Å². The van der Waals surface area contributed by atoms with Crippen molar-refractivity contribution in [3.05, 3.63) is 23.8 Å². The molecular formula is C12H18FNO2. The van der Waals surface area contributed by atoms with Crippen molar-refractivity contribution in [2.45, 2.75) is 12.6 Å². The molecule has 1 aromatic rings. The van der Waals surface area contributed by atoms with Gasteiger partial charge in [0.15, 0.2) is 11.5 Å². The lowest BCUT2D eigenvalue weighted by atomic mass is 9.96. The van der Waals surface area contributed by atoms with Gasteiger partial charge in [-0.05, 0) is 20.0 Å². The van der Waals surface area contributed by atoms with Crippen LogP contribution in [0.2, 0.25) is 0 Å². The first kappa shape index (κ1) is 12.8. The van der Waals surface area contributed by atoms with Gasteiger partial charge >= 0.3 is 0 Å². The average Bonchev–Trinajstić information content (AvgIpc) is 2.27. The van der Waals surface area contributed by atoms with E-state index in [-0.39, 0.29) is 6.54 Å². The molecule has 0 radical (unpaired) electrons. The number of likely N-dealkylation sites (N-methyl/N-ethyl adjacent to an activating group) is 1. The molecule has 0 saturated carbocycles. The third-order valence-electron chi connectivity index (χ3n) is 2.47. The van der Waals surface area contributed by atoms with E-state index in [1.807, 2.05) is 0 Å². The van der Waals surface area contributed by atoms with Gasteiger partial charge in [-0.3, -0.25) is 0 Å². The highest BCUT2D eigenvalue weighted by molar-refractivity contribution is 5.49. The second kappa shape index (κ2) is 5.16. The van der Waals surface area contributed by atoms with Crippen molar-refractivity contribution < 1.29 is 13.9 Å². The number of para-hydroxylation sites is 1. The average molecular weight is 227 g/mol. The molecule has 3 nitrogen and oxygen atoms in total. The zero-order chi connectivity index (χ0) is 12.2. The maximum atomic E-state index is 14.4. The van der Waals surface area contributed by atoms with Crippen molar-refractivity contribution in [2.24, 2.45) is 0 Å². The summed E-state index contributed by atoms with van der Waals surface area (Å²) < 4.78 is 24.7. The van der Waals surface area contributed by atoms with Gasteiger partial charge in [-0.15, -0.1) is 0 Å². The molecule has 0 bridgehead atoms. The Morgan fingerprint density at radius 1 is 1.31 bits per heavy atom. The van der Waals surface area contributed by atoms with Crippen molar-refractivity contribution in [1.82, 2.24) is 5.32 Å². The monoisotopic (exact) mass is 227 g/mol. The van der Waals surface area contributed by atoms with Gasteiger partial charge in [0.2, 0.25) is 0 Å². The third kappa shape index (κ3) is 2.44. The Hall–Kier alpha value is -1.29. The van der Waals surface area contributed by atoms with Gasteiger partial charge in [-0.1, -0.05) is 12.1 Å². The van der Waals surface area contributed by atoms with E-state index >= 15 is 0 Å². The second-order valence-electron chi connectivity index (χ2n) is 3.77. The van der Waals surface area contributed by atoms with E-state index < -0.39 is 5.67 Å². The summed E-state index contributed by atoms with van der Waals surface area (Å²) in [5.41, 5.74) is -1.00. The summed E-state index contributed by atoms with van der Waals surface area (Å²) in [5.74, 6) is 0.991. The smallest absolute Gasteiger partial charge is 0.167 e. The van der Waals surface area contributed by atoms with Crippen molar-refractivity contribution in [2.75, 3.05) is 27.8 Å². The third-order valence-corrected chi connectivity index (χ3v) is 2.47. The molecule has 0 aliphatic rings. The molecule has 0 aliphatic heterocycles. The lowest BCUT2D eigenvalue weighted by Crippen LogP contribution is -2.29. The van der Waals surface area contributed by atoms with Crippen molar-refractivity contribution >= 4 is 0 Å². The zero-order valence-corrected chi connectivity index (χ0v) is 10.1. The largest absolute Gasteiger partial charge is 0.493 e. The fourth-order valence-corrected chi connectivity index (χ4v) is 1.72. The van der Waals surface area contributed by atoms with Crippen LogP contribution >= 0.6 is 0 Å². The molecule has 0 amide bonds. The first-order valence-electron chi connectivity index (χ1n) is 5.11. The van der Waals surface area contributed by atoms with Crippen LogP contribution in [-0.4, -0.2) is 27.8 Å². The zero-order valence-electron chi connectivity index (χ0n) is 10.1. The van der Waals surface area contributed by atoms with E-state index in [0.29, 0.717) is 17.1 Å². The SMILES string of the molecule is CNCC(C)(F)c1cccc(OC)c1OC. The van der Waals surface area contributed by atoms with Crippen LogP contribution in [0.4, 0.5) is 4.39 Å². The van der Waals surface area contributed by atoms with E-state index in [4.69, 9.17) is 9.47 Å². The molecule has 90 valence electrons. The van der Waals surface area contributed by atoms with Crippen LogP contribution in [0.25, 0.3) is 0 Å². The van der Waals surface area contributed by atoms with Crippen molar-refractivity contribution in [1.29, 1.82) is 0 Å². The Morgan fingerprint density at radius 2 is 2.00 bits per heavy atom. The molecule has 0 saturated heterocycles. The lowest BCUT2D eigenvalue weighted by molar-refractivity contribution is 0.183. The Kier molecular flexibility index (Phi) is 4.12. The van der Waals surface area contributed by atoms with Gasteiger partial charge in [-0.25, -0.2) is 4.39 Å². The van der Waals surface area contributed by atoms with E-state index in [0.717, 1.165) is 0 Å². The van der Waals surface area contributed by atoms with Gasteiger partial charge in [0, 0.05) is 12.1 Å². The normalized spacial score (nSPS) is 14.3. The molecule has 0 heterocycles. The second-order valence-corrected chi connectivity index (χ2v) is 3.77. The van der Waals surface area contributed by atoms with Gasteiger partial charge < -0.3 is 14.8 Å². The quantitative estimate of drug-likeness (QED) is 0.835. The Labute approximate surface area is 95.6 Å². The molecule has 1 atom stereocenters. The number of hydrogen-bond donors (Lipinski definition) is 1. The number of methoxy groups -OCH3 is 2. The molecule has 1 rings (SSSR count). The molecule has 0 aliphatic carbocycles. The summed E-state index contributed by atoms with van der Waals surface area (Å²) in [5, 5.41) is 2.82. The van der Waals surface area contributed by atoms with Gasteiger partial charge in [0.05, 0.1) is 14.2 Å².